The number of carboxylic acid groups (broad SMARTS) is 1. The van der Waals surface area contributed by atoms with Crippen molar-refractivity contribution in [1.82, 2.24) is 4.98 Å². The molecule has 0 spiro atoms. The first kappa shape index (κ1) is 12.3. The van der Waals surface area contributed by atoms with E-state index < -0.39 is 5.97 Å². The molecule has 0 amide bonds. The summed E-state index contributed by atoms with van der Waals surface area (Å²) in [5.41, 5.74) is 4.90. The molecule has 0 bridgehead atoms. The van der Waals surface area contributed by atoms with Crippen molar-refractivity contribution >= 4 is 17.3 Å². The molecule has 3 aromatic rings. The highest BCUT2D eigenvalue weighted by molar-refractivity contribution is 7.15. The molecule has 1 aliphatic carbocycles. The molecule has 4 rings (SSSR count). The van der Waals surface area contributed by atoms with Crippen LogP contribution in [-0.2, 0) is 6.42 Å². The van der Waals surface area contributed by atoms with E-state index in [4.69, 9.17) is 10.1 Å². The van der Waals surface area contributed by atoms with E-state index in [0.717, 1.165) is 22.7 Å². The van der Waals surface area contributed by atoms with E-state index in [9.17, 15) is 4.79 Å². The van der Waals surface area contributed by atoms with Crippen LogP contribution in [-0.4, -0.2) is 16.1 Å². The summed E-state index contributed by atoms with van der Waals surface area (Å²) in [6, 6.07) is 15.2. The number of hydrogen-bond donors (Lipinski definition) is 1. The van der Waals surface area contributed by atoms with Gasteiger partial charge < -0.3 is 5.11 Å². The molecule has 2 aromatic carbocycles. The van der Waals surface area contributed by atoms with Crippen LogP contribution < -0.4 is 0 Å². The number of rotatable bonds is 2. The van der Waals surface area contributed by atoms with Gasteiger partial charge in [0.05, 0.1) is 11.3 Å². The number of aromatic carboxylic acids is 1. The molecule has 1 aliphatic rings. The minimum Gasteiger partial charge on any atom is -0.478 e. The zero-order chi connectivity index (χ0) is 14.4. The lowest BCUT2D eigenvalue weighted by atomic mass is 10.1. The Morgan fingerprint density at radius 3 is 2.62 bits per heavy atom. The Kier molecular flexibility index (Phi) is 2.65. The van der Waals surface area contributed by atoms with Crippen molar-refractivity contribution in [3.63, 3.8) is 0 Å². The number of carbonyl (C=O) groups is 1. The SMILES string of the molecule is O=C(O)c1ccc(-c2nc3c(s2)Cc2ccccc2-3)cc1. The molecule has 0 atom stereocenters. The Hall–Kier alpha value is -2.46. The van der Waals surface area contributed by atoms with Crippen molar-refractivity contribution < 1.29 is 9.90 Å². The molecule has 0 unspecified atom stereocenters. The normalized spacial score (nSPS) is 12.0. The summed E-state index contributed by atoms with van der Waals surface area (Å²) >= 11 is 1.69. The Bertz CT molecular complexity index is 849. The standard InChI is InChI=1S/C17H11NO2S/c19-17(20)11-7-5-10(6-8-11)16-18-15-13-4-2-1-3-12(13)9-14(15)21-16/h1-8H,9H2,(H,19,20). The van der Waals surface area contributed by atoms with Gasteiger partial charge in [0.25, 0.3) is 0 Å². The highest BCUT2D eigenvalue weighted by Crippen LogP contribution is 2.41. The molecule has 0 aliphatic heterocycles. The van der Waals surface area contributed by atoms with E-state index in [1.807, 2.05) is 18.2 Å². The second kappa shape index (κ2) is 4.53. The van der Waals surface area contributed by atoms with E-state index in [1.54, 1.807) is 23.5 Å². The van der Waals surface area contributed by atoms with Crippen LogP contribution in [0.4, 0.5) is 0 Å². The molecule has 0 radical (unpaired) electrons. The fraction of sp³-hybridized carbons (Fsp3) is 0.0588. The van der Waals surface area contributed by atoms with Crippen LogP contribution in [0.1, 0.15) is 20.8 Å². The van der Waals surface area contributed by atoms with Gasteiger partial charge in [-0.3, -0.25) is 0 Å². The van der Waals surface area contributed by atoms with Crippen molar-refractivity contribution in [2.45, 2.75) is 6.42 Å². The average Bonchev–Trinajstić information content (AvgIpc) is 3.05. The van der Waals surface area contributed by atoms with Crippen molar-refractivity contribution in [1.29, 1.82) is 0 Å². The van der Waals surface area contributed by atoms with E-state index >= 15 is 0 Å². The summed E-state index contributed by atoms with van der Waals surface area (Å²) in [6.07, 6.45) is 0.941. The number of benzene rings is 2. The molecule has 1 aromatic heterocycles. The molecule has 102 valence electrons. The first-order chi connectivity index (χ1) is 10.2. The lowest BCUT2D eigenvalue weighted by Gasteiger charge is -2.00. The summed E-state index contributed by atoms with van der Waals surface area (Å²) in [6.45, 7) is 0. The van der Waals surface area contributed by atoms with E-state index in [0.29, 0.717) is 5.56 Å². The van der Waals surface area contributed by atoms with E-state index in [1.165, 1.54) is 16.0 Å². The lowest BCUT2D eigenvalue weighted by molar-refractivity contribution is 0.0697. The second-order valence-electron chi connectivity index (χ2n) is 5.01. The van der Waals surface area contributed by atoms with Gasteiger partial charge in [0.1, 0.15) is 5.01 Å². The van der Waals surface area contributed by atoms with Crippen LogP contribution in [0.3, 0.4) is 0 Å². The largest absolute Gasteiger partial charge is 0.478 e. The topological polar surface area (TPSA) is 50.2 Å². The first-order valence-electron chi connectivity index (χ1n) is 6.64. The Labute approximate surface area is 125 Å². The number of nitrogens with zero attached hydrogens (tertiary/aromatic N) is 1. The molecule has 0 saturated heterocycles. The third-order valence-electron chi connectivity index (χ3n) is 3.70. The number of thiazole rings is 1. The van der Waals surface area contributed by atoms with Gasteiger partial charge in [-0.15, -0.1) is 11.3 Å². The van der Waals surface area contributed by atoms with E-state index in [2.05, 4.69) is 18.2 Å². The second-order valence-corrected chi connectivity index (χ2v) is 6.09. The lowest BCUT2D eigenvalue weighted by Crippen LogP contribution is -1.94. The summed E-state index contributed by atoms with van der Waals surface area (Å²) in [5, 5.41) is 9.89. The quantitative estimate of drug-likeness (QED) is 0.606. The van der Waals surface area contributed by atoms with Gasteiger partial charge in [-0.2, -0.15) is 0 Å². The van der Waals surface area contributed by atoms with Gasteiger partial charge in [0.2, 0.25) is 0 Å². The van der Waals surface area contributed by atoms with E-state index in [-0.39, 0.29) is 0 Å². The van der Waals surface area contributed by atoms with Crippen LogP contribution in [0.2, 0.25) is 0 Å². The Morgan fingerprint density at radius 2 is 1.86 bits per heavy atom. The average molecular weight is 293 g/mol. The highest BCUT2D eigenvalue weighted by atomic mass is 32.1. The fourth-order valence-corrected chi connectivity index (χ4v) is 3.74. The van der Waals surface area contributed by atoms with Crippen molar-refractivity contribution in [3.8, 4) is 21.8 Å². The summed E-state index contributed by atoms with van der Waals surface area (Å²) in [5.74, 6) is -0.905. The number of fused-ring (bicyclic) bond motifs is 3. The van der Waals surface area contributed by atoms with Crippen molar-refractivity contribution in [2.75, 3.05) is 0 Å². The molecule has 4 heteroatoms. The first-order valence-corrected chi connectivity index (χ1v) is 7.46. The molecular formula is C17H11NO2S. The van der Waals surface area contributed by atoms with Crippen LogP contribution >= 0.6 is 11.3 Å². The molecule has 1 heterocycles. The fourth-order valence-electron chi connectivity index (χ4n) is 2.64. The van der Waals surface area contributed by atoms with Crippen LogP contribution in [0.5, 0.6) is 0 Å². The summed E-state index contributed by atoms with van der Waals surface area (Å²) < 4.78 is 0. The maximum atomic E-state index is 10.9. The molecule has 1 N–H and O–H groups in total. The molecule has 3 nitrogen and oxygen atoms in total. The molecule has 0 saturated carbocycles. The predicted molar refractivity (Wildman–Crippen MR) is 82.8 cm³/mol. The molecular weight excluding hydrogens is 282 g/mol. The Balaban J connectivity index is 1.75. The van der Waals surface area contributed by atoms with Crippen molar-refractivity contribution in [2.24, 2.45) is 0 Å². The highest BCUT2D eigenvalue weighted by Gasteiger charge is 2.23. The summed E-state index contributed by atoms with van der Waals surface area (Å²) in [7, 11) is 0. The number of hydrogen-bond acceptors (Lipinski definition) is 3. The van der Waals surface area contributed by atoms with Crippen LogP contribution in [0.15, 0.2) is 48.5 Å². The van der Waals surface area contributed by atoms with Gasteiger partial charge in [0.15, 0.2) is 0 Å². The molecule has 0 fully saturated rings. The maximum absolute atomic E-state index is 10.9. The predicted octanol–water partition coefficient (Wildman–Crippen LogP) is 4.08. The van der Waals surface area contributed by atoms with Gasteiger partial charge in [-0.1, -0.05) is 36.4 Å². The Morgan fingerprint density at radius 1 is 1.10 bits per heavy atom. The van der Waals surface area contributed by atoms with Gasteiger partial charge in [-0.05, 0) is 17.7 Å². The molecule has 21 heavy (non-hydrogen) atoms. The number of aromatic nitrogens is 1. The van der Waals surface area contributed by atoms with Crippen molar-refractivity contribution in [3.05, 3.63) is 64.5 Å². The van der Waals surface area contributed by atoms with Gasteiger partial charge >= 0.3 is 5.97 Å². The third-order valence-corrected chi connectivity index (χ3v) is 4.80. The monoisotopic (exact) mass is 293 g/mol. The van der Waals surface area contributed by atoms with Crippen LogP contribution in [0, 0.1) is 0 Å². The smallest absolute Gasteiger partial charge is 0.335 e. The van der Waals surface area contributed by atoms with Crippen LogP contribution in [0.25, 0.3) is 21.8 Å². The third kappa shape index (κ3) is 1.96. The summed E-state index contributed by atoms with van der Waals surface area (Å²) in [4.78, 5) is 16.9. The van der Waals surface area contributed by atoms with Gasteiger partial charge in [-0.25, -0.2) is 9.78 Å². The minimum absolute atomic E-state index is 0.299. The number of carboxylic acids is 1. The van der Waals surface area contributed by atoms with Gasteiger partial charge in [0, 0.05) is 22.4 Å². The zero-order valence-corrected chi connectivity index (χ0v) is 11.9. The zero-order valence-electron chi connectivity index (χ0n) is 11.0. The maximum Gasteiger partial charge on any atom is 0.335 e. The minimum atomic E-state index is -0.905.